The highest BCUT2D eigenvalue weighted by Crippen LogP contribution is 2.24. The van der Waals surface area contributed by atoms with E-state index in [1.54, 1.807) is 0 Å². The van der Waals surface area contributed by atoms with Gasteiger partial charge in [-0.25, -0.2) is 0 Å². The van der Waals surface area contributed by atoms with Gasteiger partial charge >= 0.3 is 0 Å². The maximum Gasteiger partial charge on any atom is 0.234 e. The van der Waals surface area contributed by atoms with Gasteiger partial charge in [0.2, 0.25) is 11.8 Å². The van der Waals surface area contributed by atoms with E-state index in [9.17, 15) is 9.59 Å². The van der Waals surface area contributed by atoms with Crippen LogP contribution in [0.5, 0.6) is 0 Å². The molecule has 0 aliphatic carbocycles. The van der Waals surface area contributed by atoms with Gasteiger partial charge in [0.25, 0.3) is 0 Å². The SMILES string of the molecule is NC(=O)C(C(N)=O)c1cc(Cl)cc(Cl)c1. The van der Waals surface area contributed by atoms with Gasteiger partial charge in [-0.3, -0.25) is 9.59 Å². The van der Waals surface area contributed by atoms with Crippen molar-refractivity contribution < 1.29 is 9.59 Å². The largest absolute Gasteiger partial charge is 0.369 e. The van der Waals surface area contributed by atoms with Crippen molar-refractivity contribution in [2.75, 3.05) is 0 Å². The third kappa shape index (κ3) is 2.84. The Kier molecular flexibility index (Phi) is 3.55. The Morgan fingerprint density at radius 3 is 1.73 bits per heavy atom. The van der Waals surface area contributed by atoms with E-state index in [0.717, 1.165) is 0 Å². The lowest BCUT2D eigenvalue weighted by Gasteiger charge is -2.10. The molecule has 15 heavy (non-hydrogen) atoms. The fourth-order valence-electron chi connectivity index (χ4n) is 1.21. The van der Waals surface area contributed by atoms with Crippen molar-refractivity contribution in [3.8, 4) is 0 Å². The first kappa shape index (κ1) is 11.8. The normalized spacial score (nSPS) is 10.3. The Bertz CT molecular complexity index is 386. The summed E-state index contributed by atoms with van der Waals surface area (Å²) >= 11 is 11.4. The second-order valence-electron chi connectivity index (χ2n) is 2.94. The van der Waals surface area contributed by atoms with Crippen molar-refractivity contribution in [1.82, 2.24) is 0 Å². The van der Waals surface area contributed by atoms with Crippen LogP contribution in [0.15, 0.2) is 18.2 Å². The molecule has 0 heterocycles. The third-order valence-electron chi connectivity index (χ3n) is 1.79. The summed E-state index contributed by atoms with van der Waals surface area (Å²) in [6.07, 6.45) is 0. The van der Waals surface area contributed by atoms with E-state index in [0.29, 0.717) is 15.6 Å². The molecule has 0 saturated heterocycles. The molecule has 0 saturated carbocycles. The molecular weight excluding hydrogens is 239 g/mol. The van der Waals surface area contributed by atoms with Gasteiger partial charge in [-0.1, -0.05) is 23.2 Å². The van der Waals surface area contributed by atoms with Crippen molar-refractivity contribution in [2.45, 2.75) is 5.92 Å². The number of carbonyl (C=O) groups excluding carboxylic acids is 2. The molecule has 0 spiro atoms. The summed E-state index contributed by atoms with van der Waals surface area (Å²) in [6, 6.07) is 4.33. The zero-order valence-electron chi connectivity index (χ0n) is 7.54. The van der Waals surface area contributed by atoms with Gasteiger partial charge < -0.3 is 11.5 Å². The van der Waals surface area contributed by atoms with Crippen LogP contribution in [0.3, 0.4) is 0 Å². The first-order chi connectivity index (χ1) is 6.91. The van der Waals surface area contributed by atoms with Crippen molar-refractivity contribution >= 4 is 35.0 Å². The lowest BCUT2D eigenvalue weighted by atomic mass is 9.98. The van der Waals surface area contributed by atoms with E-state index >= 15 is 0 Å². The van der Waals surface area contributed by atoms with Crippen LogP contribution >= 0.6 is 23.2 Å². The van der Waals surface area contributed by atoms with E-state index in [1.807, 2.05) is 0 Å². The molecule has 4 N–H and O–H groups in total. The highest BCUT2D eigenvalue weighted by molar-refractivity contribution is 6.34. The van der Waals surface area contributed by atoms with Crippen LogP contribution in [0.2, 0.25) is 10.0 Å². The minimum Gasteiger partial charge on any atom is -0.369 e. The molecule has 0 aliphatic heterocycles. The summed E-state index contributed by atoms with van der Waals surface area (Å²) in [7, 11) is 0. The Morgan fingerprint density at radius 2 is 1.40 bits per heavy atom. The average Bonchev–Trinajstić information content (AvgIpc) is 1.99. The van der Waals surface area contributed by atoms with Crippen molar-refractivity contribution in [2.24, 2.45) is 11.5 Å². The van der Waals surface area contributed by atoms with Gasteiger partial charge in [-0.05, 0) is 23.8 Å². The van der Waals surface area contributed by atoms with Crippen molar-refractivity contribution in [3.63, 3.8) is 0 Å². The second-order valence-corrected chi connectivity index (χ2v) is 3.81. The molecule has 2 amide bonds. The second kappa shape index (κ2) is 4.51. The number of amides is 2. The van der Waals surface area contributed by atoms with Crippen LogP contribution in [0.4, 0.5) is 0 Å². The van der Waals surface area contributed by atoms with E-state index in [1.165, 1.54) is 18.2 Å². The van der Waals surface area contributed by atoms with Crippen LogP contribution in [0.25, 0.3) is 0 Å². The summed E-state index contributed by atoms with van der Waals surface area (Å²) in [5.74, 6) is -2.87. The Morgan fingerprint density at radius 1 is 1.00 bits per heavy atom. The van der Waals surface area contributed by atoms with E-state index in [2.05, 4.69) is 0 Å². The highest BCUT2D eigenvalue weighted by Gasteiger charge is 2.24. The minimum atomic E-state index is -1.21. The topological polar surface area (TPSA) is 86.2 Å². The van der Waals surface area contributed by atoms with Gasteiger partial charge in [0, 0.05) is 10.0 Å². The predicted octanol–water partition coefficient (Wildman–Crippen LogP) is 1.05. The van der Waals surface area contributed by atoms with E-state index in [4.69, 9.17) is 34.7 Å². The van der Waals surface area contributed by atoms with Crippen LogP contribution in [0, 0.1) is 0 Å². The monoisotopic (exact) mass is 246 g/mol. The molecule has 6 heteroatoms. The number of hydrogen-bond donors (Lipinski definition) is 2. The van der Waals surface area contributed by atoms with E-state index in [-0.39, 0.29) is 0 Å². The zero-order chi connectivity index (χ0) is 11.6. The molecule has 0 atom stereocenters. The van der Waals surface area contributed by atoms with Gasteiger partial charge in [0.1, 0.15) is 5.92 Å². The van der Waals surface area contributed by atoms with Gasteiger partial charge in [0.15, 0.2) is 0 Å². The Balaban J connectivity index is 3.22. The van der Waals surface area contributed by atoms with Crippen LogP contribution in [-0.4, -0.2) is 11.8 Å². The third-order valence-corrected chi connectivity index (χ3v) is 2.22. The number of carbonyl (C=O) groups is 2. The van der Waals surface area contributed by atoms with E-state index < -0.39 is 17.7 Å². The zero-order valence-corrected chi connectivity index (χ0v) is 9.05. The molecule has 80 valence electrons. The highest BCUT2D eigenvalue weighted by atomic mass is 35.5. The number of hydrogen-bond acceptors (Lipinski definition) is 2. The van der Waals surface area contributed by atoms with Crippen LogP contribution in [-0.2, 0) is 9.59 Å². The maximum atomic E-state index is 11.0. The minimum absolute atomic E-state index is 0.299. The molecule has 0 aliphatic rings. The first-order valence-electron chi connectivity index (χ1n) is 3.96. The number of nitrogens with two attached hydrogens (primary N) is 2. The summed E-state index contributed by atoms with van der Waals surface area (Å²) in [6.45, 7) is 0. The molecular formula is C9H8Cl2N2O2. The number of primary amides is 2. The molecule has 4 nitrogen and oxygen atoms in total. The smallest absolute Gasteiger partial charge is 0.234 e. The lowest BCUT2D eigenvalue weighted by molar-refractivity contribution is -0.128. The first-order valence-corrected chi connectivity index (χ1v) is 4.72. The Hall–Kier alpha value is -1.26. The van der Waals surface area contributed by atoms with Crippen LogP contribution < -0.4 is 11.5 Å². The summed E-state index contributed by atoms with van der Waals surface area (Å²) in [5, 5.41) is 0.620. The fraction of sp³-hybridized carbons (Fsp3) is 0.111. The number of benzene rings is 1. The standard InChI is InChI=1S/C9H8Cl2N2O2/c10-5-1-4(2-6(11)3-5)7(8(12)14)9(13)15/h1-3,7H,(H2,12,14)(H2,13,15). The molecule has 1 aromatic carbocycles. The number of halogens is 2. The van der Waals surface area contributed by atoms with Gasteiger partial charge in [-0.15, -0.1) is 0 Å². The molecule has 1 rings (SSSR count). The fourth-order valence-corrected chi connectivity index (χ4v) is 1.75. The Labute approximate surface area is 96.1 Å². The van der Waals surface area contributed by atoms with Crippen molar-refractivity contribution in [3.05, 3.63) is 33.8 Å². The molecule has 0 radical (unpaired) electrons. The maximum absolute atomic E-state index is 11.0. The lowest BCUT2D eigenvalue weighted by Crippen LogP contribution is -2.33. The number of rotatable bonds is 3. The van der Waals surface area contributed by atoms with Gasteiger partial charge in [0.05, 0.1) is 0 Å². The quantitative estimate of drug-likeness (QED) is 0.782. The molecule has 1 aromatic rings. The predicted molar refractivity (Wildman–Crippen MR) is 57.6 cm³/mol. The molecule has 0 fully saturated rings. The molecule has 0 unspecified atom stereocenters. The van der Waals surface area contributed by atoms with Crippen LogP contribution in [0.1, 0.15) is 11.5 Å². The van der Waals surface area contributed by atoms with Crippen molar-refractivity contribution in [1.29, 1.82) is 0 Å². The molecule has 0 aromatic heterocycles. The van der Waals surface area contributed by atoms with Gasteiger partial charge in [-0.2, -0.15) is 0 Å². The average molecular weight is 247 g/mol. The summed E-state index contributed by atoms with van der Waals surface area (Å²) < 4.78 is 0. The summed E-state index contributed by atoms with van der Waals surface area (Å²) in [4.78, 5) is 22.0. The summed E-state index contributed by atoms with van der Waals surface area (Å²) in [5.41, 5.74) is 10.4. The molecule has 0 bridgehead atoms.